The molecular weight excluding hydrogens is 384 g/mol. The first-order valence-electron chi connectivity index (χ1n) is 10.5. The summed E-state index contributed by atoms with van der Waals surface area (Å²) < 4.78 is 0. The number of hydrogen-bond donors (Lipinski definition) is 2. The molecule has 0 radical (unpaired) electrons. The molecule has 1 atom stereocenters. The molecule has 1 amide bonds. The normalized spacial score (nSPS) is 17.4. The predicted octanol–water partition coefficient (Wildman–Crippen LogP) is 4.28. The van der Waals surface area contributed by atoms with Gasteiger partial charge in [0.15, 0.2) is 0 Å². The average molecular weight is 415 g/mol. The third kappa shape index (κ3) is 5.00. The van der Waals surface area contributed by atoms with Crippen molar-refractivity contribution in [3.63, 3.8) is 0 Å². The van der Waals surface area contributed by atoms with Crippen molar-refractivity contribution in [1.82, 2.24) is 10.2 Å². The van der Waals surface area contributed by atoms with Gasteiger partial charge in [-0.25, -0.2) is 0 Å². The second-order valence-electron chi connectivity index (χ2n) is 7.93. The number of rotatable bonds is 8. The van der Waals surface area contributed by atoms with Gasteiger partial charge in [-0.1, -0.05) is 61.8 Å². The number of amides is 1. The summed E-state index contributed by atoms with van der Waals surface area (Å²) in [6.45, 7) is 7.04. The Labute approximate surface area is 178 Å². The molecule has 156 valence electrons. The lowest BCUT2D eigenvalue weighted by Crippen LogP contribution is -2.43. The fourth-order valence-electron chi connectivity index (χ4n) is 4.31. The van der Waals surface area contributed by atoms with Crippen LogP contribution < -0.4 is 5.32 Å². The zero-order valence-corrected chi connectivity index (χ0v) is 18.1. The van der Waals surface area contributed by atoms with Crippen LogP contribution in [0.4, 0.5) is 0 Å². The summed E-state index contributed by atoms with van der Waals surface area (Å²) in [4.78, 5) is 15.6. The topological polar surface area (TPSA) is 52.6 Å². The molecule has 2 aromatic rings. The molecule has 29 heavy (non-hydrogen) atoms. The monoisotopic (exact) mass is 414 g/mol. The number of β-amino-alcohol motifs (C(OH)–C–C–N with tert-alkyl or cyclic N) is 1. The Morgan fingerprint density at radius 1 is 1.14 bits per heavy atom. The molecule has 5 heteroatoms. The van der Waals surface area contributed by atoms with Crippen molar-refractivity contribution in [3.8, 4) is 0 Å². The van der Waals surface area contributed by atoms with E-state index < -0.39 is 5.41 Å². The van der Waals surface area contributed by atoms with Crippen LogP contribution in [0, 0.1) is 0 Å². The van der Waals surface area contributed by atoms with Crippen LogP contribution in [-0.2, 0) is 23.3 Å². The number of carbonyl (C=O) groups is 1. The lowest BCUT2D eigenvalue weighted by atomic mass is 9.75. The van der Waals surface area contributed by atoms with Crippen molar-refractivity contribution in [2.75, 3.05) is 13.1 Å². The number of benzene rings is 2. The standard InChI is InChI=1S/C24H31ClN2O2/c1-3-24(4-2,20-9-11-21(25)12-10-20)23(29)26-15-18-7-5-6-8-19(18)16-27-14-13-22(28)17-27/h5-12,22,28H,3-4,13-17H2,1-2H3,(H,26,29)/t22-/m1/s1. The first-order chi connectivity index (χ1) is 14.0. The number of likely N-dealkylation sites (tertiary alicyclic amines) is 1. The van der Waals surface area contributed by atoms with Gasteiger partial charge in [-0.15, -0.1) is 0 Å². The fraction of sp³-hybridized carbons (Fsp3) is 0.458. The van der Waals surface area contributed by atoms with Crippen LogP contribution in [0.25, 0.3) is 0 Å². The third-order valence-electron chi connectivity index (χ3n) is 6.24. The summed E-state index contributed by atoms with van der Waals surface area (Å²) in [5.41, 5.74) is 2.77. The quantitative estimate of drug-likeness (QED) is 0.677. The van der Waals surface area contributed by atoms with E-state index in [1.54, 1.807) is 0 Å². The van der Waals surface area contributed by atoms with E-state index in [2.05, 4.69) is 36.2 Å². The minimum Gasteiger partial charge on any atom is -0.392 e. The van der Waals surface area contributed by atoms with Gasteiger partial charge in [0, 0.05) is 31.2 Å². The van der Waals surface area contributed by atoms with E-state index in [9.17, 15) is 9.90 Å². The van der Waals surface area contributed by atoms with Gasteiger partial charge in [-0.05, 0) is 48.1 Å². The Hall–Kier alpha value is -1.88. The highest BCUT2D eigenvalue weighted by molar-refractivity contribution is 6.30. The lowest BCUT2D eigenvalue weighted by Gasteiger charge is -2.31. The van der Waals surface area contributed by atoms with E-state index in [-0.39, 0.29) is 12.0 Å². The maximum absolute atomic E-state index is 13.3. The summed E-state index contributed by atoms with van der Waals surface area (Å²) in [6, 6.07) is 15.8. The molecule has 1 heterocycles. The van der Waals surface area contributed by atoms with Gasteiger partial charge < -0.3 is 10.4 Å². The molecule has 0 bridgehead atoms. The van der Waals surface area contributed by atoms with Gasteiger partial charge in [-0.3, -0.25) is 9.69 Å². The minimum atomic E-state index is -0.557. The van der Waals surface area contributed by atoms with Crippen molar-refractivity contribution in [2.24, 2.45) is 0 Å². The molecule has 1 fully saturated rings. The predicted molar refractivity (Wildman–Crippen MR) is 118 cm³/mol. The van der Waals surface area contributed by atoms with Crippen molar-refractivity contribution >= 4 is 17.5 Å². The first-order valence-corrected chi connectivity index (χ1v) is 10.9. The summed E-state index contributed by atoms with van der Waals surface area (Å²) in [5.74, 6) is 0.0521. The van der Waals surface area contributed by atoms with Crippen molar-refractivity contribution in [3.05, 3.63) is 70.2 Å². The van der Waals surface area contributed by atoms with Crippen LogP contribution in [0.5, 0.6) is 0 Å². The molecule has 0 unspecified atom stereocenters. The van der Waals surface area contributed by atoms with E-state index >= 15 is 0 Å². The number of carbonyl (C=O) groups excluding carboxylic acids is 1. The van der Waals surface area contributed by atoms with Crippen LogP contribution in [0.3, 0.4) is 0 Å². The van der Waals surface area contributed by atoms with Gasteiger partial charge in [0.1, 0.15) is 0 Å². The van der Waals surface area contributed by atoms with E-state index in [1.165, 1.54) is 5.56 Å². The highest BCUT2D eigenvalue weighted by Crippen LogP contribution is 2.33. The molecule has 1 saturated heterocycles. The van der Waals surface area contributed by atoms with Crippen LogP contribution >= 0.6 is 11.6 Å². The summed E-state index contributed by atoms with van der Waals surface area (Å²) >= 11 is 6.04. The summed E-state index contributed by atoms with van der Waals surface area (Å²) in [6.07, 6.45) is 2.06. The molecule has 1 aliphatic rings. The molecule has 1 aliphatic heterocycles. The highest BCUT2D eigenvalue weighted by atomic mass is 35.5. The van der Waals surface area contributed by atoms with E-state index in [0.717, 1.165) is 43.5 Å². The number of hydrogen-bond acceptors (Lipinski definition) is 3. The smallest absolute Gasteiger partial charge is 0.230 e. The van der Waals surface area contributed by atoms with Gasteiger partial charge >= 0.3 is 0 Å². The first kappa shape index (κ1) is 21.8. The third-order valence-corrected chi connectivity index (χ3v) is 6.49. The maximum Gasteiger partial charge on any atom is 0.230 e. The largest absolute Gasteiger partial charge is 0.392 e. The molecular formula is C24H31ClN2O2. The van der Waals surface area contributed by atoms with Gasteiger partial charge in [-0.2, -0.15) is 0 Å². The zero-order valence-electron chi connectivity index (χ0n) is 17.3. The van der Waals surface area contributed by atoms with Crippen LogP contribution in [-0.4, -0.2) is 35.1 Å². The number of nitrogens with one attached hydrogen (secondary N) is 1. The molecule has 2 aromatic carbocycles. The second kappa shape index (κ2) is 9.75. The molecule has 3 rings (SSSR count). The van der Waals surface area contributed by atoms with E-state index in [4.69, 9.17) is 11.6 Å². The number of aliphatic hydroxyl groups is 1. The van der Waals surface area contributed by atoms with Crippen LogP contribution in [0.2, 0.25) is 5.02 Å². The number of aliphatic hydroxyl groups excluding tert-OH is 1. The Morgan fingerprint density at radius 3 is 2.38 bits per heavy atom. The fourth-order valence-corrected chi connectivity index (χ4v) is 4.43. The van der Waals surface area contributed by atoms with E-state index in [0.29, 0.717) is 18.1 Å². The molecule has 0 aromatic heterocycles. The van der Waals surface area contributed by atoms with Gasteiger partial charge in [0.05, 0.1) is 11.5 Å². The van der Waals surface area contributed by atoms with Crippen molar-refractivity contribution in [2.45, 2.75) is 57.7 Å². The molecule has 0 saturated carbocycles. The average Bonchev–Trinajstić information content (AvgIpc) is 3.14. The Balaban J connectivity index is 1.73. The van der Waals surface area contributed by atoms with Gasteiger partial charge in [0.2, 0.25) is 5.91 Å². The minimum absolute atomic E-state index is 0.0521. The summed E-state index contributed by atoms with van der Waals surface area (Å²) in [7, 11) is 0. The molecule has 2 N–H and O–H groups in total. The summed E-state index contributed by atoms with van der Waals surface area (Å²) in [5, 5.41) is 13.7. The van der Waals surface area contributed by atoms with Crippen LogP contribution in [0.1, 0.15) is 49.8 Å². The highest BCUT2D eigenvalue weighted by Gasteiger charge is 2.36. The van der Waals surface area contributed by atoms with E-state index in [1.807, 2.05) is 36.4 Å². The maximum atomic E-state index is 13.3. The van der Waals surface area contributed by atoms with Crippen molar-refractivity contribution in [1.29, 1.82) is 0 Å². The SMILES string of the molecule is CCC(CC)(C(=O)NCc1ccccc1CN1CC[C@@H](O)C1)c1ccc(Cl)cc1. The Bertz CT molecular complexity index is 818. The molecule has 4 nitrogen and oxygen atoms in total. The second-order valence-corrected chi connectivity index (χ2v) is 8.36. The lowest BCUT2D eigenvalue weighted by molar-refractivity contribution is -0.127. The number of halogens is 1. The zero-order chi connectivity index (χ0) is 20.9. The Kier molecular flexibility index (Phi) is 7.33. The van der Waals surface area contributed by atoms with Gasteiger partial charge in [0.25, 0.3) is 0 Å². The number of nitrogens with zero attached hydrogens (tertiary/aromatic N) is 1. The van der Waals surface area contributed by atoms with Crippen molar-refractivity contribution < 1.29 is 9.90 Å². The molecule has 0 aliphatic carbocycles. The molecule has 0 spiro atoms. The Morgan fingerprint density at radius 2 is 1.79 bits per heavy atom. The van der Waals surface area contributed by atoms with Crippen LogP contribution in [0.15, 0.2) is 48.5 Å².